The quantitative estimate of drug-likeness (QED) is 0.551. The first-order chi connectivity index (χ1) is 8.71. The molecule has 0 saturated heterocycles. The van der Waals surface area contributed by atoms with Crippen molar-refractivity contribution in [2.45, 2.75) is 52.0 Å². The molecule has 0 radical (unpaired) electrons. The number of rotatable bonds is 5. The summed E-state index contributed by atoms with van der Waals surface area (Å²) in [6, 6.07) is 2.41. The topological polar surface area (TPSA) is 75.9 Å². The second-order valence-corrected chi connectivity index (χ2v) is 5.21. The minimum Gasteiger partial charge on any atom is -0.367 e. The molecule has 2 atom stereocenters. The first-order valence-corrected chi connectivity index (χ1v) is 6.82. The number of hydrogen-bond acceptors (Lipinski definition) is 5. The van der Waals surface area contributed by atoms with E-state index in [4.69, 9.17) is 5.84 Å². The Bertz CT molecular complexity index is 393. The Kier molecular flexibility index (Phi) is 4.36. The molecule has 1 heterocycles. The molecule has 5 heteroatoms. The van der Waals surface area contributed by atoms with Gasteiger partial charge in [-0.1, -0.05) is 13.8 Å². The van der Waals surface area contributed by atoms with E-state index in [-0.39, 0.29) is 0 Å². The molecule has 0 amide bonds. The van der Waals surface area contributed by atoms with Gasteiger partial charge in [-0.3, -0.25) is 0 Å². The summed E-state index contributed by atoms with van der Waals surface area (Å²) in [6.45, 7) is 4.43. The molecule has 100 valence electrons. The molecule has 1 saturated carbocycles. The lowest BCUT2D eigenvalue weighted by molar-refractivity contribution is 0.602. The average molecular weight is 249 g/mol. The molecular weight excluding hydrogens is 226 g/mol. The Morgan fingerprint density at radius 3 is 2.72 bits per heavy atom. The molecule has 1 aromatic rings. The van der Waals surface area contributed by atoms with Crippen molar-refractivity contribution >= 4 is 11.6 Å². The zero-order chi connectivity index (χ0) is 13.0. The van der Waals surface area contributed by atoms with E-state index in [0.717, 1.165) is 30.4 Å². The van der Waals surface area contributed by atoms with Gasteiger partial charge in [0.15, 0.2) is 0 Å². The van der Waals surface area contributed by atoms with Crippen molar-refractivity contribution in [3.8, 4) is 0 Å². The van der Waals surface area contributed by atoms with Crippen LogP contribution in [0.25, 0.3) is 0 Å². The lowest BCUT2D eigenvalue weighted by Gasteiger charge is -2.14. The van der Waals surface area contributed by atoms with Gasteiger partial charge >= 0.3 is 0 Å². The van der Waals surface area contributed by atoms with Crippen molar-refractivity contribution in [3.63, 3.8) is 0 Å². The van der Waals surface area contributed by atoms with Crippen molar-refractivity contribution in [2.75, 3.05) is 10.7 Å². The van der Waals surface area contributed by atoms with Crippen LogP contribution in [0.4, 0.5) is 11.6 Å². The minimum atomic E-state index is 0.537. The summed E-state index contributed by atoms with van der Waals surface area (Å²) in [5.41, 5.74) is 2.61. The number of nitrogens with zero attached hydrogens (tertiary/aromatic N) is 2. The number of aromatic nitrogens is 2. The molecule has 2 rings (SSSR count). The first-order valence-electron chi connectivity index (χ1n) is 6.82. The fourth-order valence-corrected chi connectivity index (χ4v) is 2.53. The number of nitrogens with one attached hydrogen (secondary N) is 2. The molecule has 0 spiro atoms. The van der Waals surface area contributed by atoms with Gasteiger partial charge in [0.1, 0.15) is 17.5 Å². The fraction of sp³-hybridized carbons (Fsp3) is 0.692. The van der Waals surface area contributed by atoms with Gasteiger partial charge in [-0.15, -0.1) is 0 Å². The van der Waals surface area contributed by atoms with Gasteiger partial charge in [-0.05, 0) is 31.6 Å². The third kappa shape index (κ3) is 3.32. The lowest BCUT2D eigenvalue weighted by atomic mass is 10.1. The Labute approximate surface area is 109 Å². The fourth-order valence-electron chi connectivity index (χ4n) is 2.53. The minimum absolute atomic E-state index is 0.537. The molecule has 5 nitrogen and oxygen atoms in total. The molecule has 4 N–H and O–H groups in total. The maximum atomic E-state index is 5.45. The standard InChI is InChI=1S/C13H23N5/c1-3-4-11-16-12(8-13(17-11)18-14)15-10-6-5-9(2)7-10/h8-10H,3-7,14H2,1-2H3,(H2,15,16,17,18). The van der Waals surface area contributed by atoms with E-state index in [0.29, 0.717) is 11.9 Å². The van der Waals surface area contributed by atoms with E-state index >= 15 is 0 Å². The molecule has 0 aromatic carbocycles. The molecule has 0 bridgehead atoms. The van der Waals surface area contributed by atoms with Crippen LogP contribution in [0.5, 0.6) is 0 Å². The van der Waals surface area contributed by atoms with Crippen LogP contribution < -0.4 is 16.6 Å². The molecule has 1 aliphatic rings. The van der Waals surface area contributed by atoms with Crippen LogP contribution in [0, 0.1) is 5.92 Å². The number of hydrazine groups is 1. The highest BCUT2D eigenvalue weighted by Crippen LogP contribution is 2.27. The highest BCUT2D eigenvalue weighted by molar-refractivity contribution is 5.47. The summed E-state index contributed by atoms with van der Waals surface area (Å²) in [7, 11) is 0. The summed E-state index contributed by atoms with van der Waals surface area (Å²) in [6.07, 6.45) is 5.66. The summed E-state index contributed by atoms with van der Waals surface area (Å²) < 4.78 is 0. The number of anilines is 2. The van der Waals surface area contributed by atoms with Gasteiger partial charge in [-0.2, -0.15) is 0 Å². The van der Waals surface area contributed by atoms with Crippen LogP contribution in [0.15, 0.2) is 6.07 Å². The maximum Gasteiger partial charge on any atom is 0.145 e. The van der Waals surface area contributed by atoms with E-state index in [1.54, 1.807) is 0 Å². The van der Waals surface area contributed by atoms with Gasteiger partial charge in [0.05, 0.1) is 0 Å². The zero-order valence-electron chi connectivity index (χ0n) is 11.2. The number of nitrogens with two attached hydrogens (primary N) is 1. The third-order valence-corrected chi connectivity index (χ3v) is 3.44. The molecule has 2 unspecified atom stereocenters. The van der Waals surface area contributed by atoms with Gasteiger partial charge in [-0.25, -0.2) is 15.8 Å². The highest BCUT2D eigenvalue weighted by atomic mass is 15.3. The van der Waals surface area contributed by atoms with Crippen molar-refractivity contribution in [2.24, 2.45) is 11.8 Å². The van der Waals surface area contributed by atoms with Gasteiger partial charge < -0.3 is 10.7 Å². The van der Waals surface area contributed by atoms with Crippen molar-refractivity contribution in [3.05, 3.63) is 11.9 Å². The molecular formula is C13H23N5. The van der Waals surface area contributed by atoms with Gasteiger partial charge in [0, 0.05) is 18.5 Å². The monoisotopic (exact) mass is 249 g/mol. The molecule has 1 aliphatic carbocycles. The number of nitrogen functional groups attached to an aromatic ring is 1. The summed E-state index contributed by atoms with van der Waals surface area (Å²) in [4.78, 5) is 8.89. The molecule has 18 heavy (non-hydrogen) atoms. The number of hydrogen-bond donors (Lipinski definition) is 3. The molecule has 0 aliphatic heterocycles. The molecule has 1 fully saturated rings. The van der Waals surface area contributed by atoms with E-state index < -0.39 is 0 Å². The normalized spacial score (nSPS) is 23.1. The van der Waals surface area contributed by atoms with Crippen LogP contribution in [-0.4, -0.2) is 16.0 Å². The Morgan fingerprint density at radius 1 is 1.33 bits per heavy atom. The summed E-state index contributed by atoms with van der Waals surface area (Å²) in [5.74, 6) is 8.68. The van der Waals surface area contributed by atoms with Crippen LogP contribution in [-0.2, 0) is 6.42 Å². The first kappa shape index (κ1) is 13.1. The van der Waals surface area contributed by atoms with Crippen molar-refractivity contribution in [1.29, 1.82) is 0 Å². The third-order valence-electron chi connectivity index (χ3n) is 3.44. The van der Waals surface area contributed by atoms with Crippen LogP contribution in [0.1, 0.15) is 45.4 Å². The second-order valence-electron chi connectivity index (χ2n) is 5.21. The van der Waals surface area contributed by atoms with E-state index in [1.165, 1.54) is 19.3 Å². The largest absolute Gasteiger partial charge is 0.367 e. The second kappa shape index (κ2) is 6.00. The lowest BCUT2D eigenvalue weighted by Crippen LogP contribution is -2.18. The maximum absolute atomic E-state index is 5.45. The Morgan fingerprint density at radius 2 is 2.11 bits per heavy atom. The molecule has 1 aromatic heterocycles. The van der Waals surface area contributed by atoms with Gasteiger partial charge in [0.25, 0.3) is 0 Å². The SMILES string of the molecule is CCCc1nc(NN)cc(NC2CCC(C)C2)n1. The predicted octanol–water partition coefficient (Wildman–Crippen LogP) is 2.32. The Hall–Kier alpha value is -1.36. The number of aryl methyl sites for hydroxylation is 1. The highest BCUT2D eigenvalue weighted by Gasteiger charge is 2.21. The van der Waals surface area contributed by atoms with Crippen LogP contribution >= 0.6 is 0 Å². The smallest absolute Gasteiger partial charge is 0.145 e. The van der Waals surface area contributed by atoms with Crippen molar-refractivity contribution in [1.82, 2.24) is 9.97 Å². The Balaban J connectivity index is 2.08. The van der Waals surface area contributed by atoms with E-state index in [2.05, 4.69) is 34.6 Å². The van der Waals surface area contributed by atoms with Crippen molar-refractivity contribution < 1.29 is 0 Å². The van der Waals surface area contributed by atoms with Crippen LogP contribution in [0.3, 0.4) is 0 Å². The van der Waals surface area contributed by atoms with E-state index in [1.807, 2.05) is 6.07 Å². The summed E-state index contributed by atoms with van der Waals surface area (Å²) in [5, 5.41) is 3.50. The average Bonchev–Trinajstić information content (AvgIpc) is 2.75. The zero-order valence-corrected chi connectivity index (χ0v) is 11.2. The van der Waals surface area contributed by atoms with E-state index in [9.17, 15) is 0 Å². The van der Waals surface area contributed by atoms with Crippen LogP contribution in [0.2, 0.25) is 0 Å². The predicted molar refractivity (Wildman–Crippen MR) is 74.3 cm³/mol. The summed E-state index contributed by atoms with van der Waals surface area (Å²) >= 11 is 0. The van der Waals surface area contributed by atoms with Gasteiger partial charge in [0.2, 0.25) is 0 Å².